The number of carbonyl (C=O) groups is 1. The van der Waals surface area contributed by atoms with Crippen molar-refractivity contribution in [2.75, 3.05) is 53.0 Å². The van der Waals surface area contributed by atoms with Crippen molar-refractivity contribution >= 4 is 5.91 Å². The summed E-state index contributed by atoms with van der Waals surface area (Å²) in [5, 5.41) is 3.29. The van der Waals surface area contributed by atoms with Crippen molar-refractivity contribution in [3.8, 4) is 5.75 Å². The lowest BCUT2D eigenvalue weighted by atomic mass is 9.79. The Hall–Kier alpha value is -1.89. The van der Waals surface area contributed by atoms with Gasteiger partial charge in [-0.25, -0.2) is 0 Å². The first-order valence-corrected chi connectivity index (χ1v) is 11.4. The molecule has 6 nitrogen and oxygen atoms in total. The quantitative estimate of drug-likeness (QED) is 0.470. The first kappa shape index (κ1) is 22.8. The lowest BCUT2D eigenvalue weighted by molar-refractivity contribution is -0.960. The van der Waals surface area contributed by atoms with E-state index in [0.29, 0.717) is 13.2 Å². The zero-order chi connectivity index (χ0) is 21.2. The highest BCUT2D eigenvalue weighted by molar-refractivity contribution is 5.76. The largest absolute Gasteiger partial charge is 0.490 e. The summed E-state index contributed by atoms with van der Waals surface area (Å²) in [6, 6.07) is 8.09. The summed E-state index contributed by atoms with van der Waals surface area (Å²) in [7, 11) is 2.07. The molecule has 1 saturated heterocycles. The standard InChI is InChI=1S/C24H37N3O3/c1-3-15-30-22-9-7-21(8-10-22)18-26(2)19-23(28)25-20-24(11-5-4-6-12-24)27-13-16-29-17-14-27/h3,7-10H,1,4-6,11-20H2,2H3,(H,25,28)/p+2. The van der Waals surface area contributed by atoms with Gasteiger partial charge in [0.2, 0.25) is 0 Å². The minimum Gasteiger partial charge on any atom is -0.490 e. The Balaban J connectivity index is 1.47. The van der Waals surface area contributed by atoms with Gasteiger partial charge < -0.3 is 24.6 Å². The molecular formula is C24H39N3O3+2. The minimum atomic E-state index is 0.149. The summed E-state index contributed by atoms with van der Waals surface area (Å²) in [4.78, 5) is 15.5. The molecule has 1 atom stereocenters. The predicted molar refractivity (Wildman–Crippen MR) is 118 cm³/mol. The molecule has 1 aromatic rings. The molecule has 166 valence electrons. The molecule has 1 heterocycles. The van der Waals surface area contributed by atoms with Gasteiger partial charge in [0.25, 0.3) is 5.91 Å². The van der Waals surface area contributed by atoms with Crippen LogP contribution in [0.2, 0.25) is 0 Å². The number of ether oxygens (including phenoxy) is 2. The van der Waals surface area contributed by atoms with E-state index >= 15 is 0 Å². The summed E-state index contributed by atoms with van der Waals surface area (Å²) in [5.74, 6) is 0.994. The van der Waals surface area contributed by atoms with E-state index in [1.165, 1.54) is 42.6 Å². The number of nitrogens with one attached hydrogen (secondary N) is 3. The summed E-state index contributed by atoms with van der Waals surface area (Å²) in [6.07, 6.45) is 8.04. The number of amides is 1. The van der Waals surface area contributed by atoms with Gasteiger partial charge in [-0.1, -0.05) is 19.1 Å². The molecule has 3 rings (SSSR count). The molecule has 1 saturated carbocycles. The van der Waals surface area contributed by atoms with E-state index in [2.05, 4.69) is 31.1 Å². The highest BCUT2D eigenvalue weighted by Crippen LogP contribution is 2.25. The van der Waals surface area contributed by atoms with Crippen LogP contribution in [-0.2, 0) is 16.1 Å². The Morgan fingerprint density at radius 3 is 2.60 bits per heavy atom. The number of rotatable bonds is 10. The second-order valence-electron chi connectivity index (χ2n) is 8.89. The maximum Gasteiger partial charge on any atom is 0.275 e. The summed E-state index contributed by atoms with van der Waals surface area (Å²) in [6.45, 7) is 10.1. The maximum absolute atomic E-state index is 12.7. The maximum atomic E-state index is 12.7. The fourth-order valence-corrected chi connectivity index (χ4v) is 4.91. The number of benzene rings is 1. The Bertz CT molecular complexity index is 665. The smallest absolute Gasteiger partial charge is 0.275 e. The van der Waals surface area contributed by atoms with Gasteiger partial charge >= 0.3 is 0 Å². The Kier molecular flexibility index (Phi) is 8.73. The van der Waals surface area contributed by atoms with Gasteiger partial charge in [-0.2, -0.15) is 0 Å². The van der Waals surface area contributed by atoms with Crippen LogP contribution in [0, 0.1) is 0 Å². The van der Waals surface area contributed by atoms with Crippen molar-refractivity contribution in [2.24, 2.45) is 0 Å². The van der Waals surface area contributed by atoms with Crippen molar-refractivity contribution in [3.63, 3.8) is 0 Å². The molecule has 0 aromatic heterocycles. The number of carbonyl (C=O) groups excluding carboxylic acids is 1. The second kappa shape index (κ2) is 11.5. The van der Waals surface area contributed by atoms with Gasteiger partial charge in [0.15, 0.2) is 6.54 Å². The van der Waals surface area contributed by atoms with Crippen LogP contribution < -0.4 is 19.9 Å². The van der Waals surface area contributed by atoms with Crippen molar-refractivity contribution in [2.45, 2.75) is 44.2 Å². The third kappa shape index (κ3) is 6.56. The van der Waals surface area contributed by atoms with Crippen LogP contribution in [0.5, 0.6) is 5.75 Å². The Morgan fingerprint density at radius 1 is 1.23 bits per heavy atom. The number of hydrogen-bond donors (Lipinski definition) is 3. The zero-order valence-corrected chi connectivity index (χ0v) is 18.5. The van der Waals surface area contributed by atoms with E-state index in [-0.39, 0.29) is 11.4 Å². The summed E-state index contributed by atoms with van der Waals surface area (Å²) >= 11 is 0. The van der Waals surface area contributed by atoms with Gasteiger partial charge in [-0.15, -0.1) is 0 Å². The number of morpholine rings is 1. The molecule has 1 amide bonds. The van der Waals surface area contributed by atoms with Gasteiger partial charge in [0.1, 0.15) is 37.5 Å². The van der Waals surface area contributed by atoms with Crippen molar-refractivity contribution < 1.29 is 24.1 Å². The highest BCUT2D eigenvalue weighted by atomic mass is 16.5. The van der Waals surface area contributed by atoms with E-state index in [1.807, 2.05) is 12.1 Å². The molecule has 2 fully saturated rings. The molecule has 0 radical (unpaired) electrons. The monoisotopic (exact) mass is 417 g/mol. The molecule has 1 aromatic carbocycles. The van der Waals surface area contributed by atoms with E-state index in [1.54, 1.807) is 11.0 Å². The lowest BCUT2D eigenvalue weighted by Crippen LogP contribution is -3.23. The SMILES string of the molecule is C=CCOc1ccc(C[NH+](C)CC(=O)NCC2([NH+]3CCOCC3)CCCCC2)cc1. The van der Waals surface area contributed by atoms with Crippen molar-refractivity contribution in [1.82, 2.24) is 5.32 Å². The fourth-order valence-electron chi connectivity index (χ4n) is 4.91. The lowest BCUT2D eigenvalue weighted by Gasteiger charge is -2.45. The van der Waals surface area contributed by atoms with Gasteiger partial charge in [-0.05, 0) is 37.1 Å². The first-order valence-electron chi connectivity index (χ1n) is 11.4. The number of quaternary nitrogens is 2. The molecule has 6 heteroatoms. The Labute approximate surface area is 181 Å². The molecule has 1 aliphatic carbocycles. The summed E-state index contributed by atoms with van der Waals surface area (Å²) < 4.78 is 11.1. The van der Waals surface area contributed by atoms with Crippen LogP contribution >= 0.6 is 0 Å². The topological polar surface area (TPSA) is 56.4 Å². The molecular weight excluding hydrogens is 378 g/mol. The summed E-state index contributed by atoms with van der Waals surface area (Å²) in [5.41, 5.74) is 1.40. The number of likely N-dealkylation sites (N-methyl/N-ethyl adjacent to an activating group) is 1. The van der Waals surface area contributed by atoms with Crippen LogP contribution in [0.1, 0.15) is 37.7 Å². The third-order valence-electron chi connectivity index (χ3n) is 6.54. The molecule has 1 aliphatic heterocycles. The molecule has 30 heavy (non-hydrogen) atoms. The second-order valence-corrected chi connectivity index (χ2v) is 8.89. The molecule has 0 bridgehead atoms. The van der Waals surface area contributed by atoms with Gasteiger partial charge in [0, 0.05) is 18.4 Å². The fraction of sp³-hybridized carbons (Fsp3) is 0.625. The van der Waals surface area contributed by atoms with Crippen LogP contribution in [0.25, 0.3) is 0 Å². The van der Waals surface area contributed by atoms with E-state index in [4.69, 9.17) is 9.47 Å². The van der Waals surface area contributed by atoms with Gasteiger partial charge in [0.05, 0.1) is 26.8 Å². The van der Waals surface area contributed by atoms with E-state index < -0.39 is 0 Å². The molecule has 3 N–H and O–H groups in total. The van der Waals surface area contributed by atoms with E-state index in [0.717, 1.165) is 45.1 Å². The Morgan fingerprint density at radius 2 is 1.93 bits per heavy atom. The zero-order valence-electron chi connectivity index (χ0n) is 18.5. The first-order chi connectivity index (χ1) is 14.6. The van der Waals surface area contributed by atoms with Crippen molar-refractivity contribution in [1.29, 1.82) is 0 Å². The normalized spacial score (nSPS) is 20.3. The van der Waals surface area contributed by atoms with E-state index in [9.17, 15) is 4.79 Å². The number of hydrogen-bond acceptors (Lipinski definition) is 3. The third-order valence-corrected chi connectivity index (χ3v) is 6.54. The molecule has 1 unspecified atom stereocenters. The van der Waals surface area contributed by atoms with Crippen LogP contribution in [0.4, 0.5) is 0 Å². The van der Waals surface area contributed by atoms with Crippen molar-refractivity contribution in [3.05, 3.63) is 42.5 Å². The predicted octanol–water partition coefficient (Wildman–Crippen LogP) is 0.000300. The molecule has 0 spiro atoms. The molecule has 2 aliphatic rings. The average molecular weight is 418 g/mol. The van der Waals surface area contributed by atoms with Crippen LogP contribution in [-0.4, -0.2) is 64.5 Å². The van der Waals surface area contributed by atoms with Gasteiger partial charge in [-0.3, -0.25) is 4.79 Å². The van der Waals surface area contributed by atoms with Crippen LogP contribution in [0.3, 0.4) is 0 Å². The highest BCUT2D eigenvalue weighted by Gasteiger charge is 2.42. The minimum absolute atomic E-state index is 0.149. The average Bonchev–Trinajstić information content (AvgIpc) is 2.78. The van der Waals surface area contributed by atoms with Crippen LogP contribution in [0.15, 0.2) is 36.9 Å².